The van der Waals surface area contributed by atoms with Crippen LogP contribution in [0.25, 0.3) is 0 Å². The van der Waals surface area contributed by atoms with Crippen molar-refractivity contribution in [2.45, 2.75) is 26.9 Å². The maximum atomic E-state index is 13.0. The van der Waals surface area contributed by atoms with Gasteiger partial charge in [0.1, 0.15) is 5.75 Å². The number of nitrogens with one attached hydrogen (secondary N) is 2. The second-order valence-electron chi connectivity index (χ2n) is 9.27. The summed E-state index contributed by atoms with van der Waals surface area (Å²) < 4.78 is 6.13. The molecule has 6 nitrogen and oxygen atoms in total. The van der Waals surface area contributed by atoms with Crippen LogP contribution in [0.5, 0.6) is 11.5 Å². The average Bonchev–Trinajstić information content (AvgIpc) is 2.91. The molecule has 4 aromatic carbocycles. The highest BCUT2D eigenvalue weighted by atomic mass is 16.5. The summed E-state index contributed by atoms with van der Waals surface area (Å²) in [6.45, 7) is 4.86. The van der Waals surface area contributed by atoms with E-state index < -0.39 is 0 Å². The van der Waals surface area contributed by atoms with Crippen molar-refractivity contribution in [3.05, 3.63) is 125 Å². The third kappa shape index (κ3) is 7.96. The van der Waals surface area contributed by atoms with Crippen molar-refractivity contribution in [2.75, 3.05) is 18.0 Å². The van der Waals surface area contributed by atoms with Crippen LogP contribution >= 0.6 is 0 Å². The van der Waals surface area contributed by atoms with E-state index in [4.69, 9.17) is 4.74 Å². The molecule has 0 fully saturated rings. The Labute approximate surface area is 224 Å². The topological polar surface area (TPSA) is 70.7 Å². The lowest BCUT2D eigenvalue weighted by Crippen LogP contribution is -2.43. The lowest BCUT2D eigenvalue weighted by Gasteiger charge is -2.26. The van der Waals surface area contributed by atoms with Gasteiger partial charge in [-0.1, -0.05) is 90.0 Å². The molecular formula is C32H33N3O3. The number of para-hydroxylation sites is 3. The normalized spacial score (nSPS) is 10.5. The number of hydrogen-bond acceptors (Lipinski definition) is 4. The van der Waals surface area contributed by atoms with Gasteiger partial charge in [-0.25, -0.2) is 0 Å². The first-order chi connectivity index (χ1) is 18.5. The minimum absolute atomic E-state index is 0.00115. The van der Waals surface area contributed by atoms with Crippen molar-refractivity contribution < 1.29 is 14.3 Å². The molecule has 2 amide bonds. The summed E-state index contributed by atoms with van der Waals surface area (Å²) in [7, 11) is 0. The van der Waals surface area contributed by atoms with E-state index in [1.807, 2.05) is 117 Å². The molecule has 0 aromatic heterocycles. The molecule has 4 rings (SSSR count). The van der Waals surface area contributed by atoms with E-state index in [0.29, 0.717) is 30.3 Å². The van der Waals surface area contributed by atoms with Crippen LogP contribution in [0.15, 0.2) is 103 Å². The number of aryl methyl sites for hydroxylation is 2. The van der Waals surface area contributed by atoms with Crippen LogP contribution in [0.2, 0.25) is 0 Å². The summed E-state index contributed by atoms with van der Waals surface area (Å²) in [6, 6.07) is 32.9. The highest BCUT2D eigenvalue weighted by Crippen LogP contribution is 2.32. The van der Waals surface area contributed by atoms with Gasteiger partial charge < -0.3 is 20.3 Å². The van der Waals surface area contributed by atoms with Gasteiger partial charge in [0.05, 0.1) is 18.8 Å². The van der Waals surface area contributed by atoms with Crippen LogP contribution < -0.4 is 20.3 Å². The zero-order valence-corrected chi connectivity index (χ0v) is 21.8. The fourth-order valence-electron chi connectivity index (χ4n) is 4.15. The van der Waals surface area contributed by atoms with E-state index in [1.54, 1.807) is 4.90 Å². The summed E-state index contributed by atoms with van der Waals surface area (Å²) in [6.07, 6.45) is 0. The number of ether oxygens (including phenoxy) is 1. The van der Waals surface area contributed by atoms with Gasteiger partial charge >= 0.3 is 0 Å². The molecule has 0 bridgehead atoms. The minimum atomic E-state index is -0.187. The second kappa shape index (κ2) is 13.1. The Bertz CT molecular complexity index is 1310. The molecule has 0 saturated carbocycles. The highest BCUT2D eigenvalue weighted by Gasteiger charge is 2.19. The molecule has 194 valence electrons. The van der Waals surface area contributed by atoms with Gasteiger partial charge in [-0.2, -0.15) is 0 Å². The van der Waals surface area contributed by atoms with Gasteiger partial charge in [0.15, 0.2) is 5.75 Å². The van der Waals surface area contributed by atoms with Gasteiger partial charge in [-0.15, -0.1) is 0 Å². The Hall–Kier alpha value is -4.58. The smallest absolute Gasteiger partial charge is 0.239 e. The summed E-state index contributed by atoms with van der Waals surface area (Å²) >= 11 is 0. The molecule has 0 aliphatic heterocycles. The van der Waals surface area contributed by atoms with E-state index in [-0.39, 0.29) is 24.9 Å². The lowest BCUT2D eigenvalue weighted by atomic mass is 10.1. The molecule has 38 heavy (non-hydrogen) atoms. The van der Waals surface area contributed by atoms with Crippen LogP contribution in [0, 0.1) is 13.8 Å². The van der Waals surface area contributed by atoms with E-state index in [1.165, 1.54) is 0 Å². The number of carbonyl (C=O) groups is 2. The first-order valence-electron chi connectivity index (χ1n) is 12.7. The van der Waals surface area contributed by atoms with Gasteiger partial charge in [-0.05, 0) is 49.2 Å². The van der Waals surface area contributed by atoms with Crippen LogP contribution in [0.1, 0.15) is 22.3 Å². The summed E-state index contributed by atoms with van der Waals surface area (Å²) in [5, 5.41) is 5.96. The van der Waals surface area contributed by atoms with Crippen molar-refractivity contribution in [3.8, 4) is 11.5 Å². The Morgan fingerprint density at radius 3 is 1.74 bits per heavy atom. The quantitative estimate of drug-likeness (QED) is 0.280. The molecule has 2 N–H and O–H groups in total. The monoisotopic (exact) mass is 507 g/mol. The summed E-state index contributed by atoms with van der Waals surface area (Å²) in [5.74, 6) is 0.865. The Kier molecular flexibility index (Phi) is 9.13. The summed E-state index contributed by atoms with van der Waals surface area (Å²) in [5.41, 5.74) is 4.97. The number of carbonyl (C=O) groups excluding carboxylic acids is 2. The molecule has 0 unspecified atom stereocenters. The molecule has 0 aliphatic rings. The van der Waals surface area contributed by atoms with E-state index >= 15 is 0 Å². The predicted octanol–water partition coefficient (Wildman–Crippen LogP) is 5.53. The van der Waals surface area contributed by atoms with Crippen LogP contribution in [0.3, 0.4) is 0 Å². The number of rotatable bonds is 11. The Morgan fingerprint density at radius 2 is 1.18 bits per heavy atom. The van der Waals surface area contributed by atoms with Crippen molar-refractivity contribution >= 4 is 17.5 Å². The van der Waals surface area contributed by atoms with Crippen molar-refractivity contribution in [1.82, 2.24) is 10.6 Å². The largest absolute Gasteiger partial charge is 0.455 e. The van der Waals surface area contributed by atoms with Crippen molar-refractivity contribution in [2.24, 2.45) is 0 Å². The fraction of sp³-hybridized carbons (Fsp3) is 0.188. The van der Waals surface area contributed by atoms with Gasteiger partial charge in [0.2, 0.25) is 11.8 Å². The Morgan fingerprint density at radius 1 is 0.658 bits per heavy atom. The molecule has 6 heteroatoms. The third-order valence-corrected chi connectivity index (χ3v) is 5.99. The standard InChI is InChI=1S/C32H33N3O3/c1-24-10-8-12-26(18-24)20-33-31(36)22-35(23-32(37)34-21-27-13-9-11-25(2)19-27)29-16-6-7-17-30(29)38-28-14-4-3-5-15-28/h3-19H,20-23H2,1-2H3,(H,33,36)(H,34,37). The van der Waals surface area contributed by atoms with Crippen LogP contribution in [-0.4, -0.2) is 24.9 Å². The molecule has 0 radical (unpaired) electrons. The van der Waals surface area contributed by atoms with Gasteiger partial charge in [-0.3, -0.25) is 9.59 Å². The van der Waals surface area contributed by atoms with Crippen LogP contribution in [-0.2, 0) is 22.7 Å². The first-order valence-corrected chi connectivity index (χ1v) is 12.7. The first kappa shape index (κ1) is 26.5. The number of hydrogen-bond donors (Lipinski definition) is 2. The summed E-state index contributed by atoms with van der Waals surface area (Å²) in [4.78, 5) is 27.8. The van der Waals surface area contributed by atoms with Crippen molar-refractivity contribution in [1.29, 1.82) is 0 Å². The number of nitrogens with zero attached hydrogens (tertiary/aromatic N) is 1. The zero-order chi connectivity index (χ0) is 26.7. The molecule has 0 atom stereocenters. The lowest BCUT2D eigenvalue weighted by molar-refractivity contribution is -0.120. The third-order valence-electron chi connectivity index (χ3n) is 5.99. The average molecular weight is 508 g/mol. The fourth-order valence-corrected chi connectivity index (χ4v) is 4.15. The SMILES string of the molecule is Cc1cccc(CNC(=O)CN(CC(=O)NCc2cccc(C)c2)c2ccccc2Oc2ccccc2)c1. The molecule has 0 aliphatic carbocycles. The molecule has 0 saturated heterocycles. The molecule has 0 spiro atoms. The van der Waals surface area contributed by atoms with E-state index in [2.05, 4.69) is 10.6 Å². The number of amides is 2. The Balaban J connectivity index is 1.49. The van der Waals surface area contributed by atoms with Crippen molar-refractivity contribution in [3.63, 3.8) is 0 Å². The molecule has 4 aromatic rings. The van der Waals surface area contributed by atoms with Gasteiger partial charge in [0, 0.05) is 13.1 Å². The highest BCUT2D eigenvalue weighted by molar-refractivity contribution is 5.87. The van der Waals surface area contributed by atoms with E-state index in [9.17, 15) is 9.59 Å². The second-order valence-corrected chi connectivity index (χ2v) is 9.27. The number of anilines is 1. The molecular weight excluding hydrogens is 474 g/mol. The zero-order valence-electron chi connectivity index (χ0n) is 21.8. The maximum Gasteiger partial charge on any atom is 0.239 e. The molecule has 0 heterocycles. The minimum Gasteiger partial charge on any atom is -0.455 e. The predicted molar refractivity (Wildman–Crippen MR) is 151 cm³/mol. The maximum absolute atomic E-state index is 13.0. The van der Waals surface area contributed by atoms with Crippen LogP contribution in [0.4, 0.5) is 5.69 Å². The number of benzene rings is 4. The van der Waals surface area contributed by atoms with E-state index in [0.717, 1.165) is 22.3 Å². The van der Waals surface area contributed by atoms with Gasteiger partial charge in [0.25, 0.3) is 0 Å².